The minimum absolute atomic E-state index is 0.0628. The van der Waals surface area contributed by atoms with Gasteiger partial charge in [-0.2, -0.15) is 5.26 Å². The van der Waals surface area contributed by atoms with E-state index in [0.717, 1.165) is 21.2 Å². The van der Waals surface area contributed by atoms with Gasteiger partial charge in [0.25, 0.3) is 0 Å². The van der Waals surface area contributed by atoms with E-state index in [0.29, 0.717) is 35.2 Å². The van der Waals surface area contributed by atoms with Crippen molar-refractivity contribution in [3.63, 3.8) is 0 Å². The number of nitriles is 1. The Labute approximate surface area is 187 Å². The van der Waals surface area contributed by atoms with Crippen LogP contribution < -0.4 is 24.7 Å². The molecule has 31 heavy (non-hydrogen) atoms. The number of allylic oxidation sites excluding steroid dienone is 1. The molecule has 0 unspecified atom stereocenters. The minimum Gasteiger partial charge on any atom is -0.489 e. The highest BCUT2D eigenvalue weighted by atomic mass is 79.9. The lowest BCUT2D eigenvalue weighted by Crippen LogP contribution is -2.21. The van der Waals surface area contributed by atoms with Crippen molar-refractivity contribution >= 4 is 15.9 Å². The van der Waals surface area contributed by atoms with E-state index < -0.39 is 5.92 Å². The Morgan fingerprint density at radius 1 is 1.00 bits per heavy atom. The van der Waals surface area contributed by atoms with Gasteiger partial charge in [0.1, 0.15) is 29.7 Å². The lowest BCUT2D eigenvalue weighted by atomic mass is 9.83. The van der Waals surface area contributed by atoms with Gasteiger partial charge in [-0.25, -0.2) is 0 Å². The quantitative estimate of drug-likeness (QED) is 0.571. The van der Waals surface area contributed by atoms with Gasteiger partial charge in [0.2, 0.25) is 12.7 Å². The van der Waals surface area contributed by atoms with Crippen LogP contribution in [0, 0.1) is 11.3 Å². The second kappa shape index (κ2) is 7.89. The predicted octanol–water partition coefficient (Wildman–Crippen LogP) is 4.97. The molecular formula is C24H17BrN2O4. The lowest BCUT2D eigenvalue weighted by Gasteiger charge is -2.28. The topological polar surface area (TPSA) is 86.7 Å². The maximum absolute atomic E-state index is 9.90. The highest BCUT2D eigenvalue weighted by molar-refractivity contribution is 9.10. The molecule has 0 saturated heterocycles. The normalized spacial score (nSPS) is 16.3. The number of nitrogens with two attached hydrogens (primary N) is 1. The molecule has 5 rings (SSSR count). The van der Waals surface area contributed by atoms with Gasteiger partial charge in [0.15, 0.2) is 11.5 Å². The van der Waals surface area contributed by atoms with Crippen molar-refractivity contribution in [2.45, 2.75) is 12.5 Å². The molecule has 3 aromatic rings. The van der Waals surface area contributed by atoms with Gasteiger partial charge in [0, 0.05) is 21.7 Å². The van der Waals surface area contributed by atoms with E-state index in [1.54, 1.807) is 6.07 Å². The van der Waals surface area contributed by atoms with Gasteiger partial charge in [0.05, 0.1) is 5.92 Å². The minimum atomic E-state index is -0.480. The summed E-state index contributed by atoms with van der Waals surface area (Å²) in [6.07, 6.45) is 0. The molecule has 7 heteroatoms. The van der Waals surface area contributed by atoms with E-state index in [1.807, 2.05) is 54.6 Å². The van der Waals surface area contributed by atoms with Crippen molar-refractivity contribution in [1.29, 1.82) is 5.26 Å². The monoisotopic (exact) mass is 476 g/mol. The summed E-state index contributed by atoms with van der Waals surface area (Å²) in [6, 6.07) is 21.4. The summed E-state index contributed by atoms with van der Waals surface area (Å²) >= 11 is 3.54. The van der Waals surface area contributed by atoms with Crippen LogP contribution in [-0.4, -0.2) is 6.79 Å². The number of ether oxygens (including phenoxy) is 4. The summed E-state index contributed by atoms with van der Waals surface area (Å²) in [5.74, 6) is 1.95. The summed E-state index contributed by atoms with van der Waals surface area (Å²) in [5.41, 5.74) is 9.06. The third-order valence-corrected chi connectivity index (χ3v) is 5.72. The number of fused-ring (bicyclic) bond motifs is 2. The van der Waals surface area contributed by atoms with Crippen molar-refractivity contribution in [3.8, 4) is 29.1 Å². The molecule has 6 nitrogen and oxygen atoms in total. The van der Waals surface area contributed by atoms with Gasteiger partial charge < -0.3 is 24.7 Å². The van der Waals surface area contributed by atoms with E-state index in [-0.39, 0.29) is 12.7 Å². The molecule has 0 fully saturated rings. The van der Waals surface area contributed by atoms with Crippen LogP contribution in [0.5, 0.6) is 23.0 Å². The molecule has 0 saturated carbocycles. The standard InChI is InChI=1S/C24H17BrN2O4/c25-15-6-7-19(28-12-14-4-2-1-3-5-14)16(8-15)23-17-9-21-22(30-13-29-21)10-20(17)31-24(27)18(23)11-26/h1-10,23H,12-13,27H2/t23-/m0/s1. The van der Waals surface area contributed by atoms with Crippen LogP contribution in [0.3, 0.4) is 0 Å². The molecule has 0 amide bonds. The summed E-state index contributed by atoms with van der Waals surface area (Å²) in [7, 11) is 0. The van der Waals surface area contributed by atoms with Crippen molar-refractivity contribution in [2.24, 2.45) is 5.73 Å². The third-order valence-electron chi connectivity index (χ3n) is 5.23. The number of nitrogens with zero attached hydrogens (tertiary/aromatic N) is 1. The van der Waals surface area contributed by atoms with Gasteiger partial charge >= 0.3 is 0 Å². The highest BCUT2D eigenvalue weighted by Crippen LogP contribution is 2.49. The van der Waals surface area contributed by atoms with E-state index in [1.165, 1.54) is 0 Å². The van der Waals surface area contributed by atoms with E-state index >= 15 is 0 Å². The molecule has 0 aromatic heterocycles. The van der Waals surface area contributed by atoms with Crippen LogP contribution in [-0.2, 0) is 6.61 Å². The smallest absolute Gasteiger partial charge is 0.231 e. The lowest BCUT2D eigenvalue weighted by molar-refractivity contribution is 0.174. The van der Waals surface area contributed by atoms with Gasteiger partial charge in [-0.05, 0) is 29.8 Å². The van der Waals surface area contributed by atoms with Crippen molar-refractivity contribution in [3.05, 3.63) is 93.3 Å². The molecule has 0 aliphatic carbocycles. The first-order valence-electron chi connectivity index (χ1n) is 9.61. The second-order valence-corrected chi connectivity index (χ2v) is 8.04. The Hall–Kier alpha value is -3.63. The number of hydrogen-bond donors (Lipinski definition) is 1. The Morgan fingerprint density at radius 2 is 1.77 bits per heavy atom. The van der Waals surface area contributed by atoms with Gasteiger partial charge in [-0.15, -0.1) is 0 Å². The van der Waals surface area contributed by atoms with Crippen molar-refractivity contribution in [1.82, 2.24) is 0 Å². The Balaban J connectivity index is 1.62. The van der Waals surface area contributed by atoms with Crippen LogP contribution in [0.15, 0.2) is 76.6 Å². The number of benzene rings is 3. The largest absolute Gasteiger partial charge is 0.489 e. The maximum atomic E-state index is 9.90. The zero-order chi connectivity index (χ0) is 21.4. The molecule has 2 heterocycles. The zero-order valence-electron chi connectivity index (χ0n) is 16.3. The summed E-state index contributed by atoms with van der Waals surface area (Å²) < 4.78 is 23.8. The number of hydrogen-bond acceptors (Lipinski definition) is 6. The molecule has 2 aliphatic heterocycles. The predicted molar refractivity (Wildman–Crippen MR) is 117 cm³/mol. The Morgan fingerprint density at radius 3 is 2.55 bits per heavy atom. The maximum Gasteiger partial charge on any atom is 0.231 e. The van der Waals surface area contributed by atoms with Crippen LogP contribution in [0.25, 0.3) is 0 Å². The van der Waals surface area contributed by atoms with Gasteiger partial charge in [-0.3, -0.25) is 0 Å². The fourth-order valence-corrected chi connectivity index (χ4v) is 4.16. The van der Waals surface area contributed by atoms with E-state index in [9.17, 15) is 5.26 Å². The first-order valence-corrected chi connectivity index (χ1v) is 10.4. The molecule has 3 aromatic carbocycles. The summed E-state index contributed by atoms with van der Waals surface area (Å²) in [5, 5.41) is 9.90. The summed E-state index contributed by atoms with van der Waals surface area (Å²) in [4.78, 5) is 0. The van der Waals surface area contributed by atoms with Crippen LogP contribution >= 0.6 is 15.9 Å². The van der Waals surface area contributed by atoms with Crippen molar-refractivity contribution < 1.29 is 18.9 Å². The summed E-state index contributed by atoms with van der Waals surface area (Å²) in [6.45, 7) is 0.535. The third kappa shape index (κ3) is 3.56. The molecule has 154 valence electrons. The first-order chi connectivity index (χ1) is 15.1. The fraction of sp³-hybridized carbons (Fsp3) is 0.125. The van der Waals surface area contributed by atoms with Crippen LogP contribution in [0.2, 0.25) is 0 Å². The molecular weight excluding hydrogens is 460 g/mol. The van der Waals surface area contributed by atoms with Crippen LogP contribution in [0.1, 0.15) is 22.6 Å². The molecule has 0 radical (unpaired) electrons. The fourth-order valence-electron chi connectivity index (χ4n) is 3.78. The molecule has 0 spiro atoms. The van der Waals surface area contributed by atoms with Crippen molar-refractivity contribution in [2.75, 3.05) is 6.79 Å². The highest BCUT2D eigenvalue weighted by Gasteiger charge is 2.35. The Kier molecular flexibility index (Phi) is 4.92. The number of halogens is 1. The van der Waals surface area contributed by atoms with E-state index in [2.05, 4.69) is 22.0 Å². The first kappa shape index (κ1) is 19.3. The Bertz CT molecular complexity index is 1230. The molecule has 2 N–H and O–H groups in total. The molecule has 2 aliphatic rings. The SMILES string of the molecule is N#CC1=C(N)Oc2cc3c(cc2[C@@H]1c1cc(Br)ccc1OCc1ccccc1)OCO3. The van der Waals surface area contributed by atoms with Crippen LogP contribution in [0.4, 0.5) is 0 Å². The average molecular weight is 477 g/mol. The second-order valence-electron chi connectivity index (χ2n) is 7.12. The zero-order valence-corrected chi connectivity index (χ0v) is 17.9. The average Bonchev–Trinajstić information content (AvgIpc) is 3.24. The van der Waals surface area contributed by atoms with E-state index in [4.69, 9.17) is 24.7 Å². The molecule has 0 bridgehead atoms. The number of rotatable bonds is 4. The molecule has 1 atom stereocenters. The van der Waals surface area contributed by atoms with Gasteiger partial charge in [-0.1, -0.05) is 46.3 Å².